The predicted molar refractivity (Wildman–Crippen MR) is 51.6 cm³/mol. The van der Waals surface area contributed by atoms with Crippen LogP contribution in [0.25, 0.3) is 0 Å². The third-order valence-electron chi connectivity index (χ3n) is 2.26. The quantitative estimate of drug-likeness (QED) is 0.559. The van der Waals surface area contributed by atoms with Crippen LogP contribution in [0.3, 0.4) is 0 Å². The van der Waals surface area contributed by atoms with Crippen molar-refractivity contribution in [1.82, 2.24) is 0 Å². The Balaban J connectivity index is 2.16. The van der Waals surface area contributed by atoms with Crippen LogP contribution in [0.15, 0.2) is 30.3 Å². The number of hydrogen-bond acceptors (Lipinski definition) is 0. The Hall–Kier alpha value is -0.350. The van der Waals surface area contributed by atoms with Crippen LogP contribution < -0.4 is 0 Å². The lowest BCUT2D eigenvalue weighted by Crippen LogP contribution is -1.84. The van der Waals surface area contributed by atoms with Crippen LogP contribution in [-0.4, -0.2) is 6.16 Å². The SMILES string of the molecule is c1ccc([C@@H]2CCCP2)cc1. The van der Waals surface area contributed by atoms with Gasteiger partial charge in [0.05, 0.1) is 0 Å². The molecule has 1 fully saturated rings. The summed E-state index contributed by atoms with van der Waals surface area (Å²) in [4.78, 5) is 0. The van der Waals surface area contributed by atoms with Crippen LogP contribution in [0.4, 0.5) is 0 Å². The third kappa shape index (κ3) is 1.62. The highest BCUT2D eigenvalue weighted by Gasteiger charge is 2.15. The molecule has 1 unspecified atom stereocenters. The second kappa shape index (κ2) is 3.36. The number of rotatable bonds is 1. The Morgan fingerprint density at radius 1 is 1.18 bits per heavy atom. The van der Waals surface area contributed by atoms with Crippen LogP contribution >= 0.6 is 8.58 Å². The second-order valence-electron chi connectivity index (χ2n) is 3.06. The van der Waals surface area contributed by atoms with E-state index in [1.165, 1.54) is 27.6 Å². The van der Waals surface area contributed by atoms with Gasteiger partial charge in [0.15, 0.2) is 0 Å². The fourth-order valence-electron chi connectivity index (χ4n) is 1.65. The molecule has 0 amide bonds. The Bertz CT molecular complexity index is 212. The van der Waals surface area contributed by atoms with Gasteiger partial charge < -0.3 is 0 Å². The molecular weight excluding hydrogens is 151 g/mol. The fraction of sp³-hybridized carbons (Fsp3) is 0.400. The summed E-state index contributed by atoms with van der Waals surface area (Å²) in [6, 6.07) is 10.9. The first kappa shape index (κ1) is 7.31. The second-order valence-corrected chi connectivity index (χ2v) is 4.66. The van der Waals surface area contributed by atoms with Crippen LogP contribution in [0.2, 0.25) is 0 Å². The first-order chi connectivity index (χ1) is 5.47. The number of hydrogen-bond donors (Lipinski definition) is 0. The largest absolute Gasteiger partial charge is 0.114 e. The van der Waals surface area contributed by atoms with E-state index in [-0.39, 0.29) is 0 Å². The highest BCUT2D eigenvalue weighted by molar-refractivity contribution is 7.38. The van der Waals surface area contributed by atoms with Gasteiger partial charge in [-0.25, -0.2) is 0 Å². The molecule has 1 aliphatic heterocycles. The zero-order valence-electron chi connectivity index (χ0n) is 6.59. The van der Waals surface area contributed by atoms with Gasteiger partial charge in [-0.3, -0.25) is 0 Å². The molecule has 0 saturated carbocycles. The molecule has 0 aliphatic carbocycles. The molecule has 1 aromatic rings. The molecule has 2 atom stereocenters. The standard InChI is InChI=1S/C10H13P/c1-2-5-9(6-3-1)10-7-4-8-11-10/h1-3,5-6,10-11H,4,7-8H2/t10-/m0/s1. The summed E-state index contributed by atoms with van der Waals surface area (Å²) in [6.07, 6.45) is 4.32. The topological polar surface area (TPSA) is 0 Å². The maximum atomic E-state index is 2.27. The molecule has 0 N–H and O–H groups in total. The van der Waals surface area contributed by atoms with Crippen LogP contribution in [0.5, 0.6) is 0 Å². The van der Waals surface area contributed by atoms with Gasteiger partial charge in [0.25, 0.3) is 0 Å². The van der Waals surface area contributed by atoms with Crippen LogP contribution in [0.1, 0.15) is 24.1 Å². The van der Waals surface area contributed by atoms with Crippen molar-refractivity contribution >= 4 is 8.58 Å². The molecule has 0 radical (unpaired) electrons. The molecule has 1 aromatic carbocycles. The predicted octanol–water partition coefficient (Wildman–Crippen LogP) is 3.20. The van der Waals surface area contributed by atoms with E-state index in [9.17, 15) is 0 Å². The van der Waals surface area contributed by atoms with Gasteiger partial charge in [-0.05, 0) is 24.6 Å². The van der Waals surface area contributed by atoms with Gasteiger partial charge in [0, 0.05) is 5.66 Å². The number of benzene rings is 1. The maximum Gasteiger partial charge on any atom is 0.00142 e. The Kier molecular flexibility index (Phi) is 2.23. The van der Waals surface area contributed by atoms with Crippen molar-refractivity contribution in [3.8, 4) is 0 Å². The Morgan fingerprint density at radius 3 is 2.64 bits per heavy atom. The van der Waals surface area contributed by atoms with Crippen molar-refractivity contribution in [3.63, 3.8) is 0 Å². The van der Waals surface area contributed by atoms with Gasteiger partial charge in [0.1, 0.15) is 0 Å². The van der Waals surface area contributed by atoms with Gasteiger partial charge in [0.2, 0.25) is 0 Å². The van der Waals surface area contributed by atoms with Crippen LogP contribution in [-0.2, 0) is 0 Å². The summed E-state index contributed by atoms with van der Waals surface area (Å²) in [6.45, 7) is 0. The molecule has 2 rings (SSSR count). The summed E-state index contributed by atoms with van der Waals surface area (Å²) in [5.41, 5.74) is 2.46. The van der Waals surface area contributed by atoms with E-state index in [2.05, 4.69) is 30.3 Å². The van der Waals surface area contributed by atoms with E-state index in [0.29, 0.717) is 0 Å². The van der Waals surface area contributed by atoms with Crippen molar-refractivity contribution in [2.24, 2.45) is 0 Å². The molecular formula is C10H13P. The van der Waals surface area contributed by atoms with Crippen molar-refractivity contribution < 1.29 is 0 Å². The normalized spacial score (nSPS) is 26.0. The van der Waals surface area contributed by atoms with E-state index < -0.39 is 0 Å². The molecule has 58 valence electrons. The van der Waals surface area contributed by atoms with E-state index in [4.69, 9.17) is 0 Å². The van der Waals surface area contributed by atoms with E-state index in [1.54, 1.807) is 5.56 Å². The smallest absolute Gasteiger partial charge is 0.00142 e. The molecule has 1 aliphatic rings. The average Bonchev–Trinajstić information content (AvgIpc) is 2.58. The molecule has 11 heavy (non-hydrogen) atoms. The summed E-state index contributed by atoms with van der Waals surface area (Å²) in [5, 5.41) is 0. The van der Waals surface area contributed by atoms with Gasteiger partial charge in [-0.2, -0.15) is 0 Å². The molecule has 1 heteroatoms. The molecule has 1 heterocycles. The monoisotopic (exact) mass is 164 g/mol. The first-order valence-corrected chi connectivity index (χ1v) is 5.53. The maximum absolute atomic E-state index is 2.27. The van der Waals surface area contributed by atoms with E-state index >= 15 is 0 Å². The van der Waals surface area contributed by atoms with Crippen molar-refractivity contribution in [1.29, 1.82) is 0 Å². The average molecular weight is 164 g/mol. The minimum atomic E-state index is 0.899. The van der Waals surface area contributed by atoms with Crippen molar-refractivity contribution in [2.45, 2.75) is 18.5 Å². The molecule has 0 nitrogen and oxygen atoms in total. The minimum Gasteiger partial charge on any atom is -0.114 e. The minimum absolute atomic E-state index is 0.899. The summed E-state index contributed by atoms with van der Waals surface area (Å²) >= 11 is 0. The Morgan fingerprint density at radius 2 is 2.00 bits per heavy atom. The van der Waals surface area contributed by atoms with Gasteiger partial charge in [-0.1, -0.05) is 30.3 Å². The Labute approximate surface area is 69.8 Å². The van der Waals surface area contributed by atoms with Crippen LogP contribution in [0, 0.1) is 0 Å². The molecule has 1 saturated heterocycles. The third-order valence-corrected chi connectivity index (χ3v) is 4.02. The zero-order chi connectivity index (χ0) is 7.52. The lowest BCUT2D eigenvalue weighted by atomic mass is 10.1. The zero-order valence-corrected chi connectivity index (χ0v) is 7.59. The highest BCUT2D eigenvalue weighted by atomic mass is 31.1. The first-order valence-electron chi connectivity index (χ1n) is 4.25. The van der Waals surface area contributed by atoms with Crippen molar-refractivity contribution in [3.05, 3.63) is 35.9 Å². The fourth-order valence-corrected chi connectivity index (χ4v) is 3.25. The van der Waals surface area contributed by atoms with Gasteiger partial charge in [-0.15, -0.1) is 8.58 Å². The summed E-state index contributed by atoms with van der Waals surface area (Å²) < 4.78 is 0. The molecule has 0 spiro atoms. The highest BCUT2D eigenvalue weighted by Crippen LogP contribution is 2.44. The van der Waals surface area contributed by atoms with E-state index in [1.807, 2.05) is 0 Å². The summed E-state index contributed by atoms with van der Waals surface area (Å²) in [5.74, 6) is 0. The lowest BCUT2D eigenvalue weighted by molar-refractivity contribution is 0.828. The molecule has 0 aromatic heterocycles. The van der Waals surface area contributed by atoms with Gasteiger partial charge >= 0.3 is 0 Å². The van der Waals surface area contributed by atoms with Crippen molar-refractivity contribution in [2.75, 3.05) is 6.16 Å². The van der Waals surface area contributed by atoms with E-state index in [0.717, 1.165) is 5.66 Å². The molecule has 0 bridgehead atoms. The lowest BCUT2D eigenvalue weighted by Gasteiger charge is -2.07. The summed E-state index contributed by atoms with van der Waals surface area (Å²) in [7, 11) is 1.18.